The van der Waals surface area contributed by atoms with Crippen LogP contribution in [0.5, 0.6) is 5.75 Å². The molecule has 0 unspecified atom stereocenters. The number of rotatable bonds is 7. The molecule has 2 heterocycles. The van der Waals surface area contributed by atoms with Crippen molar-refractivity contribution in [2.45, 2.75) is 20.1 Å². The number of benzene rings is 2. The first-order valence-electron chi connectivity index (χ1n) is 9.64. The molecule has 1 N–H and O–H groups in total. The summed E-state index contributed by atoms with van der Waals surface area (Å²) in [6, 6.07) is 17.5. The SMILES string of the molecule is Cc1cc(NC(=O)c2ccc(COc3ccc(Cl)cc3Cl)o2)nn1Cc1ccc(Cl)cc1. The molecule has 2 aromatic heterocycles. The molecule has 4 aromatic rings. The van der Waals surface area contributed by atoms with Crippen LogP contribution in [0.3, 0.4) is 0 Å². The van der Waals surface area contributed by atoms with E-state index in [1.165, 1.54) is 0 Å². The highest BCUT2D eigenvalue weighted by Crippen LogP contribution is 2.28. The molecule has 0 bridgehead atoms. The van der Waals surface area contributed by atoms with E-state index in [1.54, 1.807) is 41.1 Å². The highest BCUT2D eigenvalue weighted by atomic mass is 35.5. The molecule has 2 aromatic carbocycles. The van der Waals surface area contributed by atoms with Crippen LogP contribution in [0.2, 0.25) is 15.1 Å². The first-order chi connectivity index (χ1) is 15.4. The van der Waals surface area contributed by atoms with Gasteiger partial charge in [0.15, 0.2) is 11.6 Å². The van der Waals surface area contributed by atoms with Crippen molar-refractivity contribution >= 4 is 46.5 Å². The van der Waals surface area contributed by atoms with Gasteiger partial charge in [-0.15, -0.1) is 0 Å². The molecule has 9 heteroatoms. The fraction of sp³-hybridized carbons (Fsp3) is 0.130. The molecule has 0 saturated carbocycles. The van der Waals surface area contributed by atoms with Crippen molar-refractivity contribution < 1.29 is 13.9 Å². The Kier molecular flexibility index (Phi) is 6.74. The Labute approximate surface area is 199 Å². The Hall–Kier alpha value is -2.93. The van der Waals surface area contributed by atoms with Crippen LogP contribution < -0.4 is 10.1 Å². The van der Waals surface area contributed by atoms with Gasteiger partial charge in [-0.05, 0) is 55.0 Å². The normalized spacial score (nSPS) is 10.9. The number of amides is 1. The van der Waals surface area contributed by atoms with Crippen LogP contribution in [-0.2, 0) is 13.2 Å². The van der Waals surface area contributed by atoms with Gasteiger partial charge < -0.3 is 14.5 Å². The van der Waals surface area contributed by atoms with Crippen LogP contribution in [0.4, 0.5) is 5.82 Å². The molecule has 32 heavy (non-hydrogen) atoms. The van der Waals surface area contributed by atoms with E-state index in [1.807, 2.05) is 31.2 Å². The third-order valence-corrected chi connectivity index (χ3v) is 5.40. The van der Waals surface area contributed by atoms with Gasteiger partial charge in [-0.1, -0.05) is 46.9 Å². The largest absolute Gasteiger partial charge is 0.484 e. The molecule has 0 saturated heterocycles. The summed E-state index contributed by atoms with van der Waals surface area (Å²) in [6.07, 6.45) is 0. The molecule has 0 aliphatic rings. The Morgan fingerprint density at radius 2 is 1.78 bits per heavy atom. The van der Waals surface area contributed by atoms with Gasteiger partial charge in [0.2, 0.25) is 0 Å². The number of aromatic nitrogens is 2. The molecular weight excluding hydrogens is 473 g/mol. The highest BCUT2D eigenvalue weighted by molar-refractivity contribution is 6.35. The second-order valence-corrected chi connectivity index (χ2v) is 8.32. The van der Waals surface area contributed by atoms with Gasteiger partial charge in [-0.3, -0.25) is 9.48 Å². The number of nitrogens with zero attached hydrogens (tertiary/aromatic N) is 2. The van der Waals surface area contributed by atoms with Crippen molar-refractivity contribution in [1.82, 2.24) is 9.78 Å². The van der Waals surface area contributed by atoms with Crippen molar-refractivity contribution in [3.63, 3.8) is 0 Å². The Balaban J connectivity index is 1.37. The predicted molar refractivity (Wildman–Crippen MR) is 125 cm³/mol. The molecule has 164 valence electrons. The lowest BCUT2D eigenvalue weighted by Crippen LogP contribution is -2.12. The van der Waals surface area contributed by atoms with Crippen molar-refractivity contribution in [3.05, 3.63) is 98.5 Å². The topological polar surface area (TPSA) is 69.3 Å². The first kappa shape index (κ1) is 22.3. The number of ether oxygens (including phenoxy) is 1. The van der Waals surface area contributed by atoms with E-state index in [0.717, 1.165) is 11.3 Å². The fourth-order valence-electron chi connectivity index (χ4n) is 2.99. The summed E-state index contributed by atoms with van der Waals surface area (Å²) in [5.41, 5.74) is 1.96. The molecule has 1 amide bonds. The maximum atomic E-state index is 12.6. The van der Waals surface area contributed by atoms with Crippen LogP contribution >= 0.6 is 34.8 Å². The smallest absolute Gasteiger partial charge is 0.292 e. The number of halogens is 3. The number of furan rings is 1. The standard InChI is InChI=1S/C23H18Cl3N3O3/c1-14-10-22(28-29(14)12-15-2-4-16(24)5-3-15)27-23(30)21-9-7-18(32-21)13-31-20-8-6-17(25)11-19(20)26/h2-11H,12-13H2,1H3,(H,27,28,30). The number of hydrogen-bond donors (Lipinski definition) is 1. The van der Waals surface area contributed by atoms with Gasteiger partial charge in [0.1, 0.15) is 18.1 Å². The Bertz CT molecular complexity index is 1250. The van der Waals surface area contributed by atoms with Gasteiger partial charge in [0.25, 0.3) is 5.91 Å². The van der Waals surface area contributed by atoms with Crippen molar-refractivity contribution in [3.8, 4) is 5.75 Å². The second kappa shape index (κ2) is 9.69. The quantitative estimate of drug-likeness (QED) is 0.316. The van der Waals surface area contributed by atoms with Gasteiger partial charge in [0.05, 0.1) is 11.6 Å². The summed E-state index contributed by atoms with van der Waals surface area (Å²) in [5.74, 6) is 1.13. The molecular formula is C23H18Cl3N3O3. The van der Waals surface area contributed by atoms with E-state index in [9.17, 15) is 4.79 Å². The van der Waals surface area contributed by atoms with Gasteiger partial charge in [-0.25, -0.2) is 0 Å². The van der Waals surface area contributed by atoms with E-state index in [-0.39, 0.29) is 12.4 Å². The number of carbonyl (C=O) groups excluding carboxylic acids is 1. The summed E-state index contributed by atoms with van der Waals surface area (Å²) >= 11 is 17.9. The second-order valence-electron chi connectivity index (χ2n) is 7.04. The number of nitrogens with one attached hydrogen (secondary N) is 1. The lowest BCUT2D eigenvalue weighted by atomic mass is 10.2. The van der Waals surface area contributed by atoms with E-state index in [0.29, 0.717) is 38.9 Å². The molecule has 0 aliphatic carbocycles. The first-order valence-corrected chi connectivity index (χ1v) is 10.8. The van der Waals surface area contributed by atoms with Crippen LogP contribution in [-0.4, -0.2) is 15.7 Å². The maximum Gasteiger partial charge on any atom is 0.292 e. The zero-order valence-corrected chi connectivity index (χ0v) is 19.2. The fourth-order valence-corrected chi connectivity index (χ4v) is 3.58. The average molecular weight is 491 g/mol. The van der Waals surface area contributed by atoms with Crippen molar-refractivity contribution in [2.24, 2.45) is 0 Å². The molecule has 0 fully saturated rings. The minimum atomic E-state index is -0.406. The van der Waals surface area contributed by atoms with Crippen LogP contribution in [0, 0.1) is 6.92 Å². The summed E-state index contributed by atoms with van der Waals surface area (Å²) in [4.78, 5) is 12.6. The van der Waals surface area contributed by atoms with E-state index >= 15 is 0 Å². The summed E-state index contributed by atoms with van der Waals surface area (Å²) < 4.78 is 13.0. The summed E-state index contributed by atoms with van der Waals surface area (Å²) in [7, 11) is 0. The van der Waals surface area contributed by atoms with Crippen molar-refractivity contribution in [2.75, 3.05) is 5.32 Å². The summed E-state index contributed by atoms with van der Waals surface area (Å²) in [5, 5.41) is 8.80. The van der Waals surface area contributed by atoms with E-state index < -0.39 is 5.91 Å². The lowest BCUT2D eigenvalue weighted by Gasteiger charge is -2.06. The van der Waals surface area contributed by atoms with Crippen LogP contribution in [0.1, 0.15) is 27.6 Å². The lowest BCUT2D eigenvalue weighted by molar-refractivity contribution is 0.0992. The monoisotopic (exact) mass is 489 g/mol. The van der Waals surface area contributed by atoms with Crippen LogP contribution in [0.15, 0.2) is 65.1 Å². The van der Waals surface area contributed by atoms with Gasteiger partial charge in [0, 0.05) is 21.8 Å². The molecule has 0 spiro atoms. The van der Waals surface area contributed by atoms with E-state index in [4.69, 9.17) is 44.0 Å². The average Bonchev–Trinajstić information content (AvgIpc) is 3.36. The number of aryl methyl sites for hydroxylation is 1. The highest BCUT2D eigenvalue weighted by Gasteiger charge is 2.15. The van der Waals surface area contributed by atoms with E-state index in [2.05, 4.69) is 10.4 Å². The number of hydrogen-bond acceptors (Lipinski definition) is 4. The Morgan fingerprint density at radius 3 is 2.53 bits per heavy atom. The summed E-state index contributed by atoms with van der Waals surface area (Å²) in [6.45, 7) is 2.60. The third-order valence-electron chi connectivity index (χ3n) is 4.62. The van der Waals surface area contributed by atoms with Gasteiger partial charge >= 0.3 is 0 Å². The van der Waals surface area contributed by atoms with Gasteiger partial charge in [-0.2, -0.15) is 5.10 Å². The molecule has 6 nitrogen and oxygen atoms in total. The molecule has 0 aliphatic heterocycles. The molecule has 0 atom stereocenters. The van der Waals surface area contributed by atoms with Crippen molar-refractivity contribution in [1.29, 1.82) is 0 Å². The number of anilines is 1. The predicted octanol–water partition coefficient (Wildman–Crippen LogP) is 6.62. The maximum absolute atomic E-state index is 12.6. The zero-order chi connectivity index (χ0) is 22.7. The van der Waals surface area contributed by atoms with Crippen LogP contribution in [0.25, 0.3) is 0 Å². The zero-order valence-electron chi connectivity index (χ0n) is 16.9. The third kappa shape index (κ3) is 5.46. The molecule has 0 radical (unpaired) electrons. The number of carbonyl (C=O) groups is 1. The minimum Gasteiger partial charge on any atom is -0.484 e. The Morgan fingerprint density at radius 1 is 1.03 bits per heavy atom. The molecule has 4 rings (SSSR count). The minimum absolute atomic E-state index is 0.115.